The Labute approximate surface area is 180 Å². The first kappa shape index (κ1) is 26.8. The maximum absolute atomic E-state index is 6.61. The largest absolute Gasteiger partial charge is 0.546 e. The molecule has 0 aliphatic rings. The Balaban J connectivity index is 5.65. The number of hydrogen-bond acceptors (Lipinski definition) is 3. The van der Waals surface area contributed by atoms with Gasteiger partial charge in [0.15, 0.2) is 23.5 Å². The molecule has 0 amide bonds. The average Bonchev–Trinajstić information content (AvgIpc) is 2.63. The third kappa shape index (κ3) is 10.3. The first-order chi connectivity index (χ1) is 13.4. The van der Waals surface area contributed by atoms with Gasteiger partial charge in [0.1, 0.15) is 5.76 Å². The van der Waals surface area contributed by atoms with Crippen LogP contribution < -0.4 is 0 Å². The minimum absolute atomic E-state index is 0.607. The first-order valence-electron chi connectivity index (χ1n) is 9.77. The summed E-state index contributed by atoms with van der Waals surface area (Å²) in [4.78, 5) is 0. The zero-order chi connectivity index (χ0) is 21.4. The van der Waals surface area contributed by atoms with Crippen LogP contribution in [-0.4, -0.2) is 42.8 Å². The monoisotopic (exact) mass is 450 g/mol. The normalized spacial score (nSPS) is 11.4. The SMILES string of the molecule is C=CC[SiH](CC=C)OC(=C)C([SiH3])(O[SiH](CC=C)CC=C)O[SiH](CC=C)CC=C. The summed E-state index contributed by atoms with van der Waals surface area (Å²) in [6, 6.07) is 5.10. The maximum atomic E-state index is 6.61. The standard InChI is InChI=1S/C21H38O3Si4/c1-8-14-26(15-9-2)22-20(7)21(25,23-27(16-10-3)17-11-4)24-28(18-12-5)19-13-6/h8-13,26-28H,1-7,14-19H2,25H3. The molecule has 0 heterocycles. The summed E-state index contributed by atoms with van der Waals surface area (Å²) in [5.74, 6) is 0.607. The Hall–Kier alpha value is -1.23. The lowest BCUT2D eigenvalue weighted by molar-refractivity contribution is -0.0377. The minimum Gasteiger partial charge on any atom is -0.546 e. The van der Waals surface area contributed by atoms with Crippen molar-refractivity contribution >= 4 is 37.4 Å². The second kappa shape index (κ2) is 15.7. The molecule has 0 saturated heterocycles. The van der Waals surface area contributed by atoms with Gasteiger partial charge < -0.3 is 13.3 Å². The molecule has 0 spiro atoms. The molecule has 0 aliphatic heterocycles. The van der Waals surface area contributed by atoms with Crippen LogP contribution in [0.3, 0.4) is 0 Å². The van der Waals surface area contributed by atoms with Gasteiger partial charge in [-0.25, -0.2) is 0 Å². The number of hydrogen-bond donors (Lipinski definition) is 0. The van der Waals surface area contributed by atoms with Crippen LogP contribution in [0.2, 0.25) is 36.3 Å². The Morgan fingerprint density at radius 1 is 0.643 bits per heavy atom. The molecule has 0 saturated carbocycles. The molecule has 0 aromatic carbocycles. The van der Waals surface area contributed by atoms with Crippen LogP contribution in [0.5, 0.6) is 0 Å². The molecule has 0 aliphatic carbocycles. The molecule has 28 heavy (non-hydrogen) atoms. The van der Waals surface area contributed by atoms with Crippen LogP contribution in [0.15, 0.2) is 88.3 Å². The van der Waals surface area contributed by atoms with Crippen LogP contribution in [0.25, 0.3) is 0 Å². The van der Waals surface area contributed by atoms with Crippen molar-refractivity contribution in [3.05, 3.63) is 88.3 Å². The van der Waals surface area contributed by atoms with E-state index in [9.17, 15) is 0 Å². The van der Waals surface area contributed by atoms with E-state index in [0.29, 0.717) is 16.0 Å². The molecular weight excluding hydrogens is 413 g/mol. The van der Waals surface area contributed by atoms with Crippen molar-refractivity contribution in [2.75, 3.05) is 0 Å². The fraction of sp³-hybridized carbons (Fsp3) is 0.333. The van der Waals surface area contributed by atoms with E-state index in [1.165, 1.54) is 0 Å². The quantitative estimate of drug-likeness (QED) is 0.129. The van der Waals surface area contributed by atoms with Gasteiger partial charge in [-0.2, -0.15) is 0 Å². The van der Waals surface area contributed by atoms with E-state index in [1.54, 1.807) is 0 Å². The first-order valence-corrected chi connectivity index (χ1v) is 17.1. The second-order valence-corrected chi connectivity index (χ2v) is 15.3. The summed E-state index contributed by atoms with van der Waals surface area (Å²) >= 11 is 0. The van der Waals surface area contributed by atoms with E-state index >= 15 is 0 Å². The van der Waals surface area contributed by atoms with Crippen molar-refractivity contribution in [2.24, 2.45) is 0 Å². The third-order valence-corrected chi connectivity index (χ3v) is 13.5. The fourth-order valence-electron chi connectivity index (χ4n) is 2.80. The molecule has 0 radical (unpaired) electrons. The highest BCUT2D eigenvalue weighted by atomic mass is 28.3. The van der Waals surface area contributed by atoms with Gasteiger partial charge in [0.05, 0.1) is 10.2 Å². The summed E-state index contributed by atoms with van der Waals surface area (Å²) in [7, 11) is -4.17. The molecule has 0 atom stereocenters. The van der Waals surface area contributed by atoms with Crippen molar-refractivity contribution in [3.63, 3.8) is 0 Å². The van der Waals surface area contributed by atoms with Gasteiger partial charge >= 0.3 is 0 Å². The second-order valence-electron chi connectivity index (χ2n) is 6.73. The molecule has 7 heteroatoms. The van der Waals surface area contributed by atoms with E-state index in [4.69, 9.17) is 13.3 Å². The summed E-state index contributed by atoms with van der Waals surface area (Å²) in [6.07, 6.45) is 11.5. The van der Waals surface area contributed by atoms with E-state index < -0.39 is 32.5 Å². The lowest BCUT2D eigenvalue weighted by Gasteiger charge is -2.39. The van der Waals surface area contributed by atoms with Crippen LogP contribution in [0.1, 0.15) is 0 Å². The van der Waals surface area contributed by atoms with Gasteiger partial charge in [-0.3, -0.25) is 0 Å². The van der Waals surface area contributed by atoms with Crippen LogP contribution in [0.4, 0.5) is 0 Å². The number of allylic oxidation sites excluding steroid dienone is 6. The Morgan fingerprint density at radius 2 is 0.929 bits per heavy atom. The van der Waals surface area contributed by atoms with E-state index in [-0.39, 0.29) is 0 Å². The molecule has 0 bridgehead atoms. The highest BCUT2D eigenvalue weighted by molar-refractivity contribution is 6.56. The lowest BCUT2D eigenvalue weighted by Crippen LogP contribution is -2.48. The van der Waals surface area contributed by atoms with Crippen molar-refractivity contribution in [3.8, 4) is 0 Å². The van der Waals surface area contributed by atoms with Gasteiger partial charge in [0.25, 0.3) is 0 Å². The zero-order valence-electron chi connectivity index (χ0n) is 17.6. The van der Waals surface area contributed by atoms with Crippen molar-refractivity contribution in [2.45, 2.75) is 41.7 Å². The zero-order valence-corrected chi connectivity index (χ0v) is 23.1. The average molecular weight is 451 g/mol. The Kier molecular flexibility index (Phi) is 15.0. The highest BCUT2D eigenvalue weighted by Crippen LogP contribution is 2.27. The topological polar surface area (TPSA) is 27.7 Å². The van der Waals surface area contributed by atoms with Gasteiger partial charge in [-0.05, 0) is 36.3 Å². The summed E-state index contributed by atoms with van der Waals surface area (Å²) in [5, 5.41) is 0. The van der Waals surface area contributed by atoms with Gasteiger partial charge in [-0.15, -0.1) is 39.5 Å². The molecule has 0 unspecified atom stereocenters. The molecule has 0 fully saturated rings. The maximum Gasteiger partial charge on any atom is 0.242 e. The van der Waals surface area contributed by atoms with E-state index in [0.717, 1.165) is 36.3 Å². The van der Waals surface area contributed by atoms with E-state index in [2.05, 4.69) is 46.1 Å². The Bertz CT molecular complexity index is 492. The van der Waals surface area contributed by atoms with Crippen LogP contribution >= 0.6 is 0 Å². The van der Waals surface area contributed by atoms with Crippen molar-refractivity contribution in [1.82, 2.24) is 0 Å². The smallest absolute Gasteiger partial charge is 0.242 e. The Morgan fingerprint density at radius 3 is 1.21 bits per heavy atom. The molecule has 0 rings (SSSR count). The van der Waals surface area contributed by atoms with Crippen molar-refractivity contribution in [1.29, 1.82) is 0 Å². The summed E-state index contributed by atoms with van der Waals surface area (Å²) in [5.41, 5.74) is -0.848. The molecule has 0 N–H and O–H groups in total. The van der Waals surface area contributed by atoms with Crippen molar-refractivity contribution < 1.29 is 13.3 Å². The molecule has 3 nitrogen and oxygen atoms in total. The summed E-state index contributed by atoms with van der Waals surface area (Å²) in [6.45, 7) is 27.5. The minimum atomic E-state index is -1.61. The third-order valence-electron chi connectivity index (χ3n) is 4.18. The van der Waals surface area contributed by atoms with Gasteiger partial charge in [-0.1, -0.05) is 43.0 Å². The fourth-order valence-corrected chi connectivity index (χ4v) is 10.9. The lowest BCUT2D eigenvalue weighted by atomic mass is 10.5. The number of rotatable bonds is 19. The molecular formula is C21H38O3Si4. The molecule has 156 valence electrons. The van der Waals surface area contributed by atoms with Gasteiger partial charge in [0.2, 0.25) is 9.04 Å². The van der Waals surface area contributed by atoms with Crippen LogP contribution in [-0.2, 0) is 13.3 Å². The van der Waals surface area contributed by atoms with Crippen LogP contribution in [0, 0.1) is 0 Å². The predicted octanol–water partition coefficient (Wildman–Crippen LogP) is 3.86. The highest BCUT2D eigenvalue weighted by Gasteiger charge is 2.37. The van der Waals surface area contributed by atoms with Gasteiger partial charge in [0, 0.05) is 0 Å². The summed E-state index contributed by atoms with van der Waals surface area (Å²) < 4.78 is 19.6. The molecule has 0 aromatic heterocycles. The molecule has 0 aromatic rings. The predicted molar refractivity (Wildman–Crippen MR) is 137 cm³/mol. The van der Waals surface area contributed by atoms with E-state index in [1.807, 2.05) is 36.5 Å².